The van der Waals surface area contributed by atoms with E-state index in [2.05, 4.69) is 18.1 Å². The Kier molecular flexibility index (Phi) is 7.03. The summed E-state index contributed by atoms with van der Waals surface area (Å²) in [5.74, 6) is 0.318. The number of hydrogen-bond donors (Lipinski definition) is 0. The number of piperidine rings is 2. The van der Waals surface area contributed by atoms with E-state index in [0.29, 0.717) is 17.9 Å². The van der Waals surface area contributed by atoms with Gasteiger partial charge in [0.1, 0.15) is 0 Å². The summed E-state index contributed by atoms with van der Waals surface area (Å²) in [7, 11) is 1.71. The summed E-state index contributed by atoms with van der Waals surface area (Å²) in [5, 5.41) is 0.757. The number of carbonyl (C=O) groups excluding carboxylic acids is 1. The molecule has 0 bridgehead atoms. The molecule has 128 valence electrons. The van der Waals surface area contributed by atoms with Crippen molar-refractivity contribution in [3.8, 4) is 0 Å². The number of methoxy groups -OCH3 is 1. The fraction of sp³-hybridized carbons (Fsp3) is 0.941. The predicted octanol–water partition coefficient (Wildman–Crippen LogP) is 2.48. The number of rotatable bonds is 7. The fourth-order valence-corrected chi connectivity index (χ4v) is 3.99. The van der Waals surface area contributed by atoms with Gasteiger partial charge in [-0.3, -0.25) is 4.79 Å². The van der Waals surface area contributed by atoms with Gasteiger partial charge in [-0.1, -0.05) is 6.92 Å². The molecule has 22 heavy (non-hydrogen) atoms. The Balaban J connectivity index is 1.80. The lowest BCUT2D eigenvalue weighted by Crippen LogP contribution is -2.52. The van der Waals surface area contributed by atoms with Crippen molar-refractivity contribution in [2.75, 3.05) is 52.7 Å². The molecule has 1 amide bonds. The van der Waals surface area contributed by atoms with Gasteiger partial charge in [-0.25, -0.2) is 0 Å². The van der Waals surface area contributed by atoms with Crippen molar-refractivity contribution in [1.29, 1.82) is 0 Å². The van der Waals surface area contributed by atoms with E-state index >= 15 is 0 Å². The van der Waals surface area contributed by atoms with Crippen LogP contribution in [0.25, 0.3) is 0 Å². The highest BCUT2D eigenvalue weighted by atomic mass is 32.2. The summed E-state index contributed by atoms with van der Waals surface area (Å²) in [6, 6.07) is 0. The van der Waals surface area contributed by atoms with E-state index in [-0.39, 0.29) is 0 Å². The van der Waals surface area contributed by atoms with E-state index in [1.807, 2.05) is 16.7 Å². The predicted molar refractivity (Wildman–Crippen MR) is 93.4 cm³/mol. The molecule has 2 aliphatic rings. The molecule has 2 aliphatic heterocycles. The minimum absolute atomic E-state index is 0.318. The SMILES string of the molecule is COCCN1CC2(CCC1=O)CCN(CC[C@H](C)SC)CC2. The maximum atomic E-state index is 12.1. The Hall–Kier alpha value is -0.260. The Bertz CT molecular complexity index is 357. The zero-order valence-corrected chi connectivity index (χ0v) is 15.3. The van der Waals surface area contributed by atoms with Gasteiger partial charge in [-0.15, -0.1) is 0 Å². The molecule has 2 heterocycles. The molecule has 2 rings (SSSR count). The normalized spacial score (nSPS) is 24.0. The van der Waals surface area contributed by atoms with Gasteiger partial charge < -0.3 is 14.5 Å². The second-order valence-corrected chi connectivity index (χ2v) is 8.26. The average Bonchev–Trinajstić information content (AvgIpc) is 2.55. The number of ether oxygens (including phenoxy) is 1. The van der Waals surface area contributed by atoms with Crippen LogP contribution >= 0.6 is 11.8 Å². The van der Waals surface area contributed by atoms with E-state index in [4.69, 9.17) is 4.74 Å². The lowest BCUT2D eigenvalue weighted by Gasteiger charge is -2.47. The molecule has 1 spiro atoms. The zero-order chi connectivity index (χ0) is 16.0. The number of nitrogens with zero attached hydrogens (tertiary/aromatic N) is 2. The van der Waals surface area contributed by atoms with Crippen molar-refractivity contribution in [1.82, 2.24) is 9.80 Å². The lowest BCUT2D eigenvalue weighted by atomic mass is 9.72. The molecule has 0 aromatic heterocycles. The second kappa shape index (κ2) is 8.55. The monoisotopic (exact) mass is 328 g/mol. The minimum Gasteiger partial charge on any atom is -0.383 e. The first kappa shape index (κ1) is 18.1. The minimum atomic E-state index is 0.318. The Labute approximate surface area is 139 Å². The van der Waals surface area contributed by atoms with Crippen LogP contribution in [0.5, 0.6) is 0 Å². The number of likely N-dealkylation sites (tertiary alicyclic amines) is 2. The molecule has 2 fully saturated rings. The number of thioether (sulfide) groups is 1. The zero-order valence-electron chi connectivity index (χ0n) is 14.5. The molecule has 1 atom stereocenters. The maximum absolute atomic E-state index is 12.1. The summed E-state index contributed by atoms with van der Waals surface area (Å²) in [5.41, 5.74) is 0.378. The molecule has 0 saturated carbocycles. The number of carbonyl (C=O) groups is 1. The molecule has 0 unspecified atom stereocenters. The summed E-state index contributed by atoms with van der Waals surface area (Å²) >= 11 is 1.96. The van der Waals surface area contributed by atoms with E-state index in [1.54, 1.807) is 7.11 Å². The molecule has 0 aromatic rings. The summed E-state index contributed by atoms with van der Waals surface area (Å²) < 4.78 is 5.15. The van der Waals surface area contributed by atoms with Crippen LogP contribution in [-0.4, -0.2) is 73.7 Å². The van der Waals surface area contributed by atoms with Crippen molar-refractivity contribution >= 4 is 17.7 Å². The van der Waals surface area contributed by atoms with Crippen molar-refractivity contribution < 1.29 is 9.53 Å². The summed E-state index contributed by atoms with van der Waals surface area (Å²) in [6.45, 7) is 8.30. The standard InChI is InChI=1S/C17H32N2O2S/c1-15(22-3)5-9-18-10-7-17(8-11-18)6-4-16(20)19(14-17)12-13-21-2/h15H,4-14H2,1-3H3/t15-/m0/s1. The molecular formula is C17H32N2O2S. The largest absolute Gasteiger partial charge is 0.383 e. The molecule has 0 N–H and O–H groups in total. The van der Waals surface area contributed by atoms with Crippen molar-refractivity contribution in [3.63, 3.8) is 0 Å². The highest BCUT2D eigenvalue weighted by molar-refractivity contribution is 7.99. The molecule has 5 heteroatoms. The van der Waals surface area contributed by atoms with E-state index < -0.39 is 0 Å². The van der Waals surface area contributed by atoms with Gasteiger partial charge in [0, 0.05) is 31.9 Å². The van der Waals surface area contributed by atoms with Gasteiger partial charge >= 0.3 is 0 Å². The highest BCUT2D eigenvalue weighted by Gasteiger charge is 2.40. The van der Waals surface area contributed by atoms with E-state index in [1.165, 1.54) is 38.9 Å². The fourth-order valence-electron chi connectivity index (χ4n) is 3.65. The third kappa shape index (κ3) is 4.87. The maximum Gasteiger partial charge on any atom is 0.222 e. The first-order valence-corrected chi connectivity index (χ1v) is 9.89. The van der Waals surface area contributed by atoms with Crippen LogP contribution in [0.2, 0.25) is 0 Å². The van der Waals surface area contributed by atoms with Gasteiger partial charge in [0.25, 0.3) is 0 Å². The number of amides is 1. The molecule has 4 nitrogen and oxygen atoms in total. The third-order valence-corrected chi connectivity index (χ3v) is 6.52. The van der Waals surface area contributed by atoms with Crippen LogP contribution in [0, 0.1) is 5.41 Å². The van der Waals surface area contributed by atoms with Gasteiger partial charge in [0.2, 0.25) is 5.91 Å². The molecule has 2 saturated heterocycles. The van der Waals surface area contributed by atoms with Crippen LogP contribution < -0.4 is 0 Å². The lowest BCUT2D eigenvalue weighted by molar-refractivity contribution is -0.139. The Morgan fingerprint density at radius 3 is 2.64 bits per heavy atom. The van der Waals surface area contributed by atoms with Crippen molar-refractivity contribution in [3.05, 3.63) is 0 Å². The summed E-state index contributed by atoms with van der Waals surface area (Å²) in [4.78, 5) is 16.7. The second-order valence-electron chi connectivity index (χ2n) is 6.98. The molecule has 0 radical (unpaired) electrons. The van der Waals surface area contributed by atoms with Crippen LogP contribution in [0.3, 0.4) is 0 Å². The topological polar surface area (TPSA) is 32.8 Å². The molecular weight excluding hydrogens is 296 g/mol. The van der Waals surface area contributed by atoms with Crippen molar-refractivity contribution in [2.45, 2.75) is 44.3 Å². The smallest absolute Gasteiger partial charge is 0.222 e. The van der Waals surface area contributed by atoms with Crippen LogP contribution in [0.1, 0.15) is 39.0 Å². The first-order valence-electron chi connectivity index (χ1n) is 8.60. The highest BCUT2D eigenvalue weighted by Crippen LogP contribution is 2.40. The quantitative estimate of drug-likeness (QED) is 0.719. The Morgan fingerprint density at radius 2 is 2.00 bits per heavy atom. The molecule has 0 aliphatic carbocycles. The van der Waals surface area contributed by atoms with Gasteiger partial charge in [0.05, 0.1) is 6.61 Å². The van der Waals surface area contributed by atoms with Gasteiger partial charge in [0.15, 0.2) is 0 Å². The van der Waals surface area contributed by atoms with Crippen LogP contribution in [0.4, 0.5) is 0 Å². The molecule has 0 aromatic carbocycles. The third-order valence-electron chi connectivity index (χ3n) is 5.48. The first-order chi connectivity index (χ1) is 10.6. The van der Waals surface area contributed by atoms with Gasteiger partial charge in [-0.2, -0.15) is 11.8 Å². The Morgan fingerprint density at radius 1 is 1.27 bits per heavy atom. The number of hydrogen-bond acceptors (Lipinski definition) is 4. The van der Waals surface area contributed by atoms with E-state index in [9.17, 15) is 4.79 Å². The summed E-state index contributed by atoms with van der Waals surface area (Å²) in [6.07, 6.45) is 7.79. The van der Waals surface area contributed by atoms with Gasteiger partial charge in [-0.05, 0) is 57.0 Å². The van der Waals surface area contributed by atoms with E-state index in [0.717, 1.165) is 31.2 Å². The average molecular weight is 329 g/mol. The van der Waals surface area contributed by atoms with Crippen molar-refractivity contribution in [2.24, 2.45) is 5.41 Å². The van der Waals surface area contributed by atoms with Crippen LogP contribution in [0.15, 0.2) is 0 Å². The van der Waals surface area contributed by atoms with Crippen LogP contribution in [-0.2, 0) is 9.53 Å².